The number of rotatable bonds is 5. The van der Waals surface area contributed by atoms with Gasteiger partial charge in [0.15, 0.2) is 0 Å². The Balaban J connectivity index is 2.79. The molecule has 0 unspecified atom stereocenters. The summed E-state index contributed by atoms with van der Waals surface area (Å²) >= 11 is 0. The highest BCUT2D eigenvalue weighted by atomic mass is 16.1. The van der Waals surface area contributed by atoms with Crippen molar-refractivity contribution in [2.24, 2.45) is 5.92 Å². The maximum absolute atomic E-state index is 11.9. The number of aryl methyl sites for hydroxylation is 2. The van der Waals surface area contributed by atoms with Gasteiger partial charge >= 0.3 is 0 Å². The van der Waals surface area contributed by atoms with Crippen LogP contribution in [-0.4, -0.2) is 16.3 Å². The highest BCUT2D eigenvalue weighted by molar-refractivity contribution is 5.12. The molecule has 90 valence electrons. The van der Waals surface area contributed by atoms with Crippen LogP contribution in [0.15, 0.2) is 10.9 Å². The van der Waals surface area contributed by atoms with Gasteiger partial charge in [-0.2, -0.15) is 5.10 Å². The molecule has 0 atom stereocenters. The fraction of sp³-hybridized carbons (Fsp3) is 0.667. The van der Waals surface area contributed by atoms with Gasteiger partial charge in [0.25, 0.3) is 5.56 Å². The van der Waals surface area contributed by atoms with E-state index >= 15 is 0 Å². The zero-order valence-corrected chi connectivity index (χ0v) is 10.6. The van der Waals surface area contributed by atoms with Gasteiger partial charge in [-0.05, 0) is 32.4 Å². The first-order valence-corrected chi connectivity index (χ1v) is 5.83. The highest BCUT2D eigenvalue weighted by Gasteiger charge is 2.05. The summed E-state index contributed by atoms with van der Waals surface area (Å²) in [4.78, 5) is 11.9. The van der Waals surface area contributed by atoms with Crippen molar-refractivity contribution < 1.29 is 0 Å². The Bertz CT molecular complexity index is 396. The summed E-state index contributed by atoms with van der Waals surface area (Å²) in [6, 6.07) is 1.86. The van der Waals surface area contributed by atoms with E-state index in [0.717, 1.165) is 17.8 Å². The molecule has 0 aliphatic carbocycles. The van der Waals surface area contributed by atoms with Gasteiger partial charge in [0, 0.05) is 18.7 Å². The molecule has 1 aromatic rings. The monoisotopic (exact) mass is 223 g/mol. The van der Waals surface area contributed by atoms with Gasteiger partial charge in [-0.1, -0.05) is 13.8 Å². The molecule has 16 heavy (non-hydrogen) atoms. The zero-order valence-electron chi connectivity index (χ0n) is 10.6. The number of nitrogens with one attached hydrogen (secondary N) is 1. The minimum atomic E-state index is 0.0179. The van der Waals surface area contributed by atoms with Crippen molar-refractivity contribution in [2.75, 3.05) is 6.54 Å². The van der Waals surface area contributed by atoms with E-state index in [1.807, 2.05) is 19.9 Å². The third-order valence-corrected chi connectivity index (χ3v) is 2.34. The number of hydrogen-bond acceptors (Lipinski definition) is 3. The lowest BCUT2D eigenvalue weighted by molar-refractivity contribution is 0.539. The van der Waals surface area contributed by atoms with Gasteiger partial charge in [-0.25, -0.2) is 4.68 Å². The maximum atomic E-state index is 11.9. The molecule has 1 rings (SSSR count). The average molecular weight is 223 g/mol. The van der Waals surface area contributed by atoms with Crippen molar-refractivity contribution in [3.63, 3.8) is 0 Å². The summed E-state index contributed by atoms with van der Waals surface area (Å²) in [6.07, 6.45) is 0. The first-order chi connectivity index (χ1) is 7.54. The Kier molecular flexibility index (Phi) is 4.68. The summed E-state index contributed by atoms with van der Waals surface area (Å²) in [5, 5.41) is 7.45. The van der Waals surface area contributed by atoms with Crippen molar-refractivity contribution >= 4 is 0 Å². The molecule has 1 aromatic heterocycles. The quantitative estimate of drug-likeness (QED) is 0.819. The fourth-order valence-corrected chi connectivity index (χ4v) is 1.58. The lowest BCUT2D eigenvalue weighted by Gasteiger charge is -2.09. The van der Waals surface area contributed by atoms with Crippen molar-refractivity contribution in [1.82, 2.24) is 15.1 Å². The van der Waals surface area contributed by atoms with Gasteiger partial charge in [-0.15, -0.1) is 0 Å². The second-order valence-electron chi connectivity index (χ2n) is 4.46. The van der Waals surface area contributed by atoms with Crippen LogP contribution in [0.1, 0.15) is 32.0 Å². The lowest BCUT2D eigenvalue weighted by atomic mass is 10.2. The van der Waals surface area contributed by atoms with Gasteiger partial charge in [-0.3, -0.25) is 4.79 Å². The molecular weight excluding hydrogens is 202 g/mol. The number of nitrogens with zero attached hydrogens (tertiary/aromatic N) is 2. The van der Waals surface area contributed by atoms with E-state index < -0.39 is 0 Å². The summed E-state index contributed by atoms with van der Waals surface area (Å²) in [6.45, 7) is 10.3. The molecule has 0 saturated heterocycles. The average Bonchev–Trinajstić information content (AvgIpc) is 2.22. The Hall–Kier alpha value is -1.16. The second kappa shape index (κ2) is 5.80. The molecule has 4 heteroatoms. The molecule has 0 radical (unpaired) electrons. The maximum Gasteiger partial charge on any atom is 0.271 e. The molecule has 1 N–H and O–H groups in total. The van der Waals surface area contributed by atoms with Crippen LogP contribution in [0.25, 0.3) is 0 Å². The van der Waals surface area contributed by atoms with E-state index in [9.17, 15) is 4.79 Å². The largest absolute Gasteiger partial charge is 0.312 e. The molecule has 0 fully saturated rings. The van der Waals surface area contributed by atoms with Crippen LogP contribution < -0.4 is 10.9 Å². The van der Waals surface area contributed by atoms with Crippen LogP contribution in [0.5, 0.6) is 0 Å². The van der Waals surface area contributed by atoms with Gasteiger partial charge in [0.05, 0.1) is 5.69 Å². The number of aromatic nitrogens is 2. The predicted octanol–water partition coefficient (Wildman–Crippen LogP) is 1.32. The Morgan fingerprint density at radius 1 is 1.50 bits per heavy atom. The van der Waals surface area contributed by atoms with E-state index in [1.165, 1.54) is 4.68 Å². The van der Waals surface area contributed by atoms with Crippen LogP contribution in [0.3, 0.4) is 0 Å². The molecular formula is C12H21N3O. The van der Waals surface area contributed by atoms with E-state index in [4.69, 9.17) is 0 Å². The molecule has 0 spiro atoms. The van der Waals surface area contributed by atoms with Crippen molar-refractivity contribution in [2.45, 2.75) is 40.8 Å². The molecule has 0 saturated carbocycles. The molecule has 0 bridgehead atoms. The SMILES string of the molecule is CCn1nc(C)cc(CNCC(C)C)c1=O. The van der Waals surface area contributed by atoms with E-state index in [1.54, 1.807) is 0 Å². The van der Waals surface area contributed by atoms with Crippen molar-refractivity contribution in [3.8, 4) is 0 Å². The van der Waals surface area contributed by atoms with Crippen LogP contribution in [0.4, 0.5) is 0 Å². The van der Waals surface area contributed by atoms with Crippen molar-refractivity contribution in [3.05, 3.63) is 27.7 Å². The third-order valence-electron chi connectivity index (χ3n) is 2.34. The van der Waals surface area contributed by atoms with Gasteiger partial charge in [0.1, 0.15) is 0 Å². The van der Waals surface area contributed by atoms with E-state index in [-0.39, 0.29) is 5.56 Å². The standard InChI is InChI=1S/C12H21N3O/c1-5-15-12(16)11(6-10(4)14-15)8-13-7-9(2)3/h6,9,13H,5,7-8H2,1-4H3. The summed E-state index contributed by atoms with van der Waals surface area (Å²) in [5.41, 5.74) is 1.71. The summed E-state index contributed by atoms with van der Waals surface area (Å²) in [5.74, 6) is 0.594. The Labute approximate surface area is 96.7 Å². The third kappa shape index (κ3) is 3.45. The molecule has 0 aliphatic heterocycles. The summed E-state index contributed by atoms with van der Waals surface area (Å²) < 4.78 is 1.52. The first-order valence-electron chi connectivity index (χ1n) is 5.83. The van der Waals surface area contributed by atoms with Gasteiger partial charge < -0.3 is 5.32 Å². The minimum Gasteiger partial charge on any atom is -0.312 e. The van der Waals surface area contributed by atoms with E-state index in [2.05, 4.69) is 24.3 Å². The second-order valence-corrected chi connectivity index (χ2v) is 4.46. The highest BCUT2D eigenvalue weighted by Crippen LogP contribution is 1.96. The minimum absolute atomic E-state index is 0.0179. The Morgan fingerprint density at radius 2 is 2.19 bits per heavy atom. The Morgan fingerprint density at radius 3 is 2.75 bits per heavy atom. The summed E-state index contributed by atoms with van der Waals surface area (Å²) in [7, 11) is 0. The fourth-order valence-electron chi connectivity index (χ4n) is 1.58. The molecule has 1 heterocycles. The zero-order chi connectivity index (χ0) is 12.1. The first kappa shape index (κ1) is 12.9. The van der Waals surface area contributed by atoms with Crippen LogP contribution >= 0.6 is 0 Å². The van der Waals surface area contributed by atoms with Crippen LogP contribution in [0.2, 0.25) is 0 Å². The molecule has 4 nitrogen and oxygen atoms in total. The predicted molar refractivity (Wildman–Crippen MR) is 65.5 cm³/mol. The van der Waals surface area contributed by atoms with Gasteiger partial charge in [0.2, 0.25) is 0 Å². The number of hydrogen-bond donors (Lipinski definition) is 1. The topological polar surface area (TPSA) is 46.9 Å². The van der Waals surface area contributed by atoms with Crippen molar-refractivity contribution in [1.29, 1.82) is 0 Å². The normalized spacial score (nSPS) is 11.1. The smallest absolute Gasteiger partial charge is 0.271 e. The van der Waals surface area contributed by atoms with Crippen LogP contribution in [-0.2, 0) is 13.1 Å². The molecule has 0 aromatic carbocycles. The molecule has 0 aliphatic rings. The molecule has 0 amide bonds. The van der Waals surface area contributed by atoms with Crippen LogP contribution in [0, 0.1) is 12.8 Å². The lowest BCUT2D eigenvalue weighted by Crippen LogP contribution is -2.30. The van der Waals surface area contributed by atoms with E-state index in [0.29, 0.717) is 19.0 Å².